The lowest BCUT2D eigenvalue weighted by Crippen LogP contribution is -2.29. The fourth-order valence-electron chi connectivity index (χ4n) is 1.76. The molecule has 0 saturated carbocycles. The van der Waals surface area contributed by atoms with Gasteiger partial charge in [0.2, 0.25) is 0 Å². The first-order chi connectivity index (χ1) is 10.1. The highest BCUT2D eigenvalue weighted by Gasteiger charge is 2.14. The second-order valence-corrected chi connectivity index (χ2v) is 4.72. The van der Waals surface area contributed by atoms with Crippen LogP contribution in [0.3, 0.4) is 0 Å². The number of benzene rings is 2. The normalized spacial score (nSPS) is 9.81. The Labute approximate surface area is 123 Å². The summed E-state index contributed by atoms with van der Waals surface area (Å²) in [5.74, 6) is -1.40. The number of nitrogens with one attached hydrogen (secondary N) is 2. The van der Waals surface area contributed by atoms with E-state index < -0.39 is 11.8 Å². The van der Waals surface area contributed by atoms with Gasteiger partial charge in [-0.2, -0.15) is 0 Å². The van der Waals surface area contributed by atoms with Crippen molar-refractivity contribution in [2.75, 3.05) is 29.6 Å². The number of carbonyl (C=O) groups excluding carboxylic acids is 2. The highest BCUT2D eigenvalue weighted by Crippen LogP contribution is 2.17. The van der Waals surface area contributed by atoms with Crippen molar-refractivity contribution in [1.82, 2.24) is 0 Å². The van der Waals surface area contributed by atoms with Crippen molar-refractivity contribution in [1.29, 1.82) is 0 Å². The van der Waals surface area contributed by atoms with E-state index in [1.54, 1.807) is 36.4 Å². The van der Waals surface area contributed by atoms with Crippen LogP contribution in [0.1, 0.15) is 0 Å². The van der Waals surface area contributed by atoms with Crippen LogP contribution in [-0.2, 0) is 9.59 Å². The molecule has 2 rings (SSSR count). The molecule has 0 aliphatic heterocycles. The molecule has 0 aromatic heterocycles. The van der Waals surface area contributed by atoms with E-state index in [0.29, 0.717) is 11.4 Å². The van der Waals surface area contributed by atoms with Crippen molar-refractivity contribution in [2.24, 2.45) is 0 Å². The van der Waals surface area contributed by atoms with Crippen LogP contribution in [-0.4, -0.2) is 25.9 Å². The van der Waals surface area contributed by atoms with Gasteiger partial charge in [-0.25, -0.2) is 0 Å². The van der Waals surface area contributed by atoms with Crippen molar-refractivity contribution < 1.29 is 9.59 Å². The second kappa shape index (κ2) is 6.56. The van der Waals surface area contributed by atoms with E-state index in [1.807, 2.05) is 37.2 Å². The Kier molecular flexibility index (Phi) is 4.56. The lowest BCUT2D eigenvalue weighted by molar-refractivity contribution is -0.132. The summed E-state index contributed by atoms with van der Waals surface area (Å²) in [5.41, 5.74) is 2.10. The Hall–Kier alpha value is -2.82. The molecule has 2 aromatic rings. The third kappa shape index (κ3) is 4.07. The van der Waals surface area contributed by atoms with Gasteiger partial charge in [0.15, 0.2) is 0 Å². The van der Waals surface area contributed by atoms with Gasteiger partial charge in [-0.15, -0.1) is 0 Å². The highest BCUT2D eigenvalue weighted by molar-refractivity contribution is 6.43. The average molecular weight is 283 g/mol. The maximum Gasteiger partial charge on any atom is 0.314 e. The van der Waals surface area contributed by atoms with E-state index in [9.17, 15) is 9.59 Å². The number of carbonyl (C=O) groups is 2. The van der Waals surface area contributed by atoms with Crippen molar-refractivity contribution in [3.8, 4) is 0 Å². The van der Waals surface area contributed by atoms with Crippen molar-refractivity contribution in [3.63, 3.8) is 0 Å². The van der Waals surface area contributed by atoms with Crippen LogP contribution < -0.4 is 15.5 Å². The number of hydrogen-bond donors (Lipinski definition) is 2. The van der Waals surface area contributed by atoms with Gasteiger partial charge in [-0.3, -0.25) is 9.59 Å². The smallest absolute Gasteiger partial charge is 0.314 e. The first-order valence-electron chi connectivity index (χ1n) is 6.51. The lowest BCUT2D eigenvalue weighted by Gasteiger charge is -2.14. The molecule has 2 N–H and O–H groups in total. The Balaban J connectivity index is 2.01. The first kappa shape index (κ1) is 14.6. The van der Waals surface area contributed by atoms with Crippen LogP contribution in [0.15, 0.2) is 54.6 Å². The van der Waals surface area contributed by atoms with Gasteiger partial charge >= 0.3 is 11.8 Å². The standard InChI is InChI=1S/C16H17N3O2/c1-19(2)14-10-6-9-13(11-14)18-16(21)15(20)17-12-7-4-3-5-8-12/h3-11H,1-2H3,(H,17,20)(H,18,21). The van der Waals surface area contributed by atoms with E-state index in [1.165, 1.54) is 0 Å². The maximum atomic E-state index is 11.9. The van der Waals surface area contributed by atoms with Gasteiger partial charge in [0.25, 0.3) is 0 Å². The van der Waals surface area contributed by atoms with Crippen molar-refractivity contribution in [3.05, 3.63) is 54.6 Å². The fraction of sp³-hybridized carbons (Fsp3) is 0.125. The topological polar surface area (TPSA) is 61.4 Å². The van der Waals surface area contributed by atoms with Crippen LogP contribution in [0.5, 0.6) is 0 Å². The summed E-state index contributed by atoms with van der Waals surface area (Å²) >= 11 is 0. The summed E-state index contributed by atoms with van der Waals surface area (Å²) in [4.78, 5) is 25.6. The maximum absolute atomic E-state index is 11.9. The number of amides is 2. The molecule has 0 unspecified atom stereocenters. The average Bonchev–Trinajstić information content (AvgIpc) is 2.48. The number of rotatable bonds is 3. The van der Waals surface area contributed by atoms with Gasteiger partial charge in [-0.1, -0.05) is 24.3 Å². The second-order valence-electron chi connectivity index (χ2n) is 4.72. The molecule has 0 fully saturated rings. The molecule has 108 valence electrons. The van der Waals surface area contributed by atoms with Crippen molar-refractivity contribution in [2.45, 2.75) is 0 Å². The van der Waals surface area contributed by atoms with Crippen LogP contribution in [0, 0.1) is 0 Å². The minimum atomic E-state index is -0.699. The third-order valence-corrected chi connectivity index (χ3v) is 2.86. The molecule has 0 bridgehead atoms. The quantitative estimate of drug-likeness (QED) is 0.850. The molecule has 21 heavy (non-hydrogen) atoms. The van der Waals surface area contributed by atoms with Crippen LogP contribution in [0.4, 0.5) is 17.1 Å². The summed E-state index contributed by atoms with van der Waals surface area (Å²) < 4.78 is 0. The minimum Gasteiger partial charge on any atom is -0.378 e. The zero-order valence-corrected chi connectivity index (χ0v) is 12.0. The molecule has 2 aromatic carbocycles. The van der Waals surface area contributed by atoms with Gasteiger partial charge in [0, 0.05) is 31.2 Å². The van der Waals surface area contributed by atoms with Crippen LogP contribution in [0.2, 0.25) is 0 Å². The third-order valence-electron chi connectivity index (χ3n) is 2.86. The molecule has 5 nitrogen and oxygen atoms in total. The predicted octanol–water partition coefficient (Wildman–Crippen LogP) is 2.33. The van der Waals surface area contributed by atoms with Gasteiger partial charge < -0.3 is 15.5 Å². The minimum absolute atomic E-state index is 0.578. The highest BCUT2D eigenvalue weighted by atomic mass is 16.2. The van der Waals surface area contributed by atoms with E-state index in [2.05, 4.69) is 10.6 Å². The molecule has 0 spiro atoms. The molecule has 0 atom stereocenters. The molecule has 0 saturated heterocycles. The Morgan fingerprint density at radius 2 is 1.38 bits per heavy atom. The van der Waals surface area contributed by atoms with Crippen LogP contribution >= 0.6 is 0 Å². The lowest BCUT2D eigenvalue weighted by atomic mass is 10.2. The summed E-state index contributed by atoms with van der Waals surface area (Å²) in [5, 5.41) is 5.12. The van der Waals surface area contributed by atoms with Crippen LogP contribution in [0.25, 0.3) is 0 Å². The van der Waals surface area contributed by atoms with Crippen molar-refractivity contribution >= 4 is 28.9 Å². The molecule has 0 aliphatic rings. The summed E-state index contributed by atoms with van der Waals surface area (Å²) in [6, 6.07) is 16.1. The molecular weight excluding hydrogens is 266 g/mol. The molecule has 0 heterocycles. The number of nitrogens with zero attached hydrogens (tertiary/aromatic N) is 1. The predicted molar refractivity (Wildman–Crippen MR) is 84.5 cm³/mol. The SMILES string of the molecule is CN(C)c1cccc(NC(=O)C(=O)Nc2ccccc2)c1. The zero-order valence-electron chi connectivity index (χ0n) is 12.0. The Morgan fingerprint density at radius 3 is 2.00 bits per heavy atom. The van der Waals surface area contributed by atoms with E-state index in [0.717, 1.165) is 5.69 Å². The van der Waals surface area contributed by atoms with Gasteiger partial charge in [0.1, 0.15) is 0 Å². The number of anilines is 3. The number of para-hydroxylation sites is 1. The number of hydrogen-bond acceptors (Lipinski definition) is 3. The molecule has 0 radical (unpaired) electrons. The summed E-state index contributed by atoms with van der Waals surface area (Å²) in [6.45, 7) is 0. The molecular formula is C16H17N3O2. The van der Waals surface area contributed by atoms with E-state index in [4.69, 9.17) is 0 Å². The molecule has 2 amide bonds. The van der Waals surface area contributed by atoms with Gasteiger partial charge in [0.05, 0.1) is 0 Å². The molecule has 5 heteroatoms. The van der Waals surface area contributed by atoms with E-state index in [-0.39, 0.29) is 0 Å². The largest absolute Gasteiger partial charge is 0.378 e. The monoisotopic (exact) mass is 283 g/mol. The first-order valence-corrected chi connectivity index (χ1v) is 6.51. The van der Waals surface area contributed by atoms with Gasteiger partial charge in [-0.05, 0) is 30.3 Å². The molecule has 0 aliphatic carbocycles. The summed E-state index contributed by atoms with van der Waals surface area (Å²) in [6.07, 6.45) is 0. The Morgan fingerprint density at radius 1 is 0.810 bits per heavy atom. The zero-order chi connectivity index (χ0) is 15.2. The summed E-state index contributed by atoms with van der Waals surface area (Å²) in [7, 11) is 3.81. The van der Waals surface area contributed by atoms with E-state index >= 15 is 0 Å². The fourth-order valence-corrected chi connectivity index (χ4v) is 1.76. The Bertz CT molecular complexity index is 639.